The monoisotopic (exact) mass is 443 g/mol. The van der Waals surface area contributed by atoms with Crippen molar-refractivity contribution in [3.05, 3.63) is 83.4 Å². The molecule has 0 bridgehead atoms. The third-order valence-electron chi connectivity index (χ3n) is 4.57. The lowest BCUT2D eigenvalue weighted by molar-refractivity contribution is 0.233. The van der Waals surface area contributed by atoms with Gasteiger partial charge < -0.3 is 16.3 Å². The van der Waals surface area contributed by atoms with Gasteiger partial charge in [-0.2, -0.15) is 0 Å². The molecule has 154 valence electrons. The summed E-state index contributed by atoms with van der Waals surface area (Å²) in [5.41, 5.74) is 14.2. The van der Waals surface area contributed by atoms with Crippen LogP contribution in [0, 0.1) is 0 Å². The summed E-state index contributed by atoms with van der Waals surface area (Å²) in [6, 6.07) is 17.7. The highest BCUT2D eigenvalue weighted by molar-refractivity contribution is 8.03. The molecular weight excluding hydrogens is 426 g/mol. The number of anilines is 2. The summed E-state index contributed by atoms with van der Waals surface area (Å²) in [6.45, 7) is 0. The fraction of sp³-hybridized carbons (Fsp3) is 0. The molecule has 1 aliphatic heterocycles. The zero-order valence-electron chi connectivity index (χ0n) is 15.4. The van der Waals surface area contributed by atoms with Crippen LogP contribution in [0.3, 0.4) is 0 Å². The van der Waals surface area contributed by atoms with E-state index < -0.39 is 29.6 Å². The summed E-state index contributed by atoms with van der Waals surface area (Å²) in [6.07, 6.45) is 0. The number of nitrogens with two attached hydrogens (primary N) is 2. The molecule has 0 saturated carbocycles. The predicted octanol–water partition coefficient (Wildman–Crippen LogP) is 2.32. The Balaban J connectivity index is 2.12. The minimum atomic E-state index is -4.33. The molecular formula is C20H17N3O5S2. The largest absolute Gasteiger partial charge is 0.397 e. The molecule has 10 heteroatoms. The first-order valence-corrected chi connectivity index (χ1v) is 11.7. The maximum Gasteiger partial charge on any atom is 0.225 e. The highest BCUT2D eigenvalue weighted by atomic mass is 32.2. The number of hydroxylamine groups is 1. The highest BCUT2D eigenvalue weighted by Gasteiger charge is 2.39. The Bertz CT molecular complexity index is 1370. The summed E-state index contributed by atoms with van der Waals surface area (Å²) >= 11 is 0. The third-order valence-corrected chi connectivity index (χ3v) is 8.26. The Labute approximate surface area is 173 Å². The quantitative estimate of drug-likeness (QED) is 0.522. The molecule has 4 rings (SSSR count). The fourth-order valence-electron chi connectivity index (χ4n) is 3.06. The van der Waals surface area contributed by atoms with E-state index >= 15 is 0 Å². The first kappa shape index (κ1) is 19.8. The van der Waals surface area contributed by atoms with Crippen LogP contribution in [0.15, 0.2) is 87.6 Å². The van der Waals surface area contributed by atoms with Gasteiger partial charge in [-0.05, 0) is 36.4 Å². The molecule has 0 aliphatic carbocycles. The predicted molar refractivity (Wildman–Crippen MR) is 113 cm³/mol. The van der Waals surface area contributed by atoms with Crippen molar-refractivity contribution in [2.75, 3.05) is 11.5 Å². The number of hydrogen-bond donors (Lipinski definition) is 3. The number of nitrogen functional groups attached to an aromatic ring is 2. The van der Waals surface area contributed by atoms with Gasteiger partial charge in [-0.25, -0.2) is 22.3 Å². The Morgan fingerprint density at radius 1 is 0.700 bits per heavy atom. The van der Waals surface area contributed by atoms with E-state index in [2.05, 4.69) is 5.48 Å². The molecule has 0 spiro atoms. The average molecular weight is 444 g/mol. The van der Waals surface area contributed by atoms with Crippen LogP contribution in [-0.4, -0.2) is 16.8 Å². The number of hydrogen-bond acceptors (Lipinski definition) is 8. The molecule has 1 heterocycles. The minimum absolute atomic E-state index is 0.0446. The Morgan fingerprint density at radius 2 is 1.23 bits per heavy atom. The number of fused-ring (bicyclic) bond motifs is 1. The molecule has 0 atom stereocenters. The first-order valence-electron chi connectivity index (χ1n) is 8.70. The topological polar surface area (TPSA) is 142 Å². The van der Waals surface area contributed by atoms with Crippen molar-refractivity contribution < 1.29 is 21.7 Å². The van der Waals surface area contributed by atoms with Crippen molar-refractivity contribution in [2.24, 2.45) is 0 Å². The molecule has 0 fully saturated rings. The lowest BCUT2D eigenvalue weighted by atomic mass is 10.1. The van der Waals surface area contributed by atoms with Crippen molar-refractivity contribution in [3.63, 3.8) is 0 Å². The Morgan fingerprint density at radius 3 is 1.80 bits per heavy atom. The van der Waals surface area contributed by atoms with Crippen LogP contribution in [0.2, 0.25) is 0 Å². The van der Waals surface area contributed by atoms with Crippen molar-refractivity contribution in [2.45, 2.75) is 9.79 Å². The van der Waals surface area contributed by atoms with Crippen LogP contribution >= 0.6 is 0 Å². The van der Waals surface area contributed by atoms with Gasteiger partial charge in [0.15, 0.2) is 10.8 Å². The van der Waals surface area contributed by atoms with E-state index in [1.165, 1.54) is 60.7 Å². The van der Waals surface area contributed by atoms with Crippen LogP contribution < -0.4 is 21.8 Å². The Hall–Kier alpha value is -3.50. The van der Waals surface area contributed by atoms with Gasteiger partial charge in [0.2, 0.25) is 19.7 Å². The molecule has 5 N–H and O–H groups in total. The van der Waals surface area contributed by atoms with Crippen molar-refractivity contribution in [1.82, 2.24) is 5.48 Å². The number of sulfone groups is 2. The normalized spacial score (nSPS) is 13.9. The second kappa shape index (κ2) is 7.08. The zero-order chi connectivity index (χ0) is 21.5. The van der Waals surface area contributed by atoms with E-state index in [0.29, 0.717) is 0 Å². The summed E-state index contributed by atoms with van der Waals surface area (Å²) in [7, 11) is -8.64. The maximum absolute atomic E-state index is 13.6. The first-order chi connectivity index (χ1) is 14.2. The van der Waals surface area contributed by atoms with Crippen molar-refractivity contribution >= 4 is 36.0 Å². The van der Waals surface area contributed by atoms with Crippen molar-refractivity contribution in [3.8, 4) is 5.75 Å². The standard InChI is InChI=1S/C20H17N3O5S2/c21-15-11-12-16-17(18(15)22)19(29(24,25)13-7-3-1-4-8-13)20(23-28-16)30(26,27)14-9-5-2-6-10-14/h1-12,23H,21-22H2. The van der Waals surface area contributed by atoms with E-state index in [-0.39, 0.29) is 32.5 Å². The second-order valence-corrected chi connectivity index (χ2v) is 10.2. The fourth-order valence-corrected chi connectivity index (χ4v) is 6.49. The molecule has 0 amide bonds. The van der Waals surface area contributed by atoms with Crippen LogP contribution in [0.25, 0.3) is 4.91 Å². The van der Waals surface area contributed by atoms with Crippen molar-refractivity contribution in [1.29, 1.82) is 0 Å². The van der Waals surface area contributed by atoms with Crippen LogP contribution in [-0.2, 0) is 19.7 Å². The Kier molecular flexibility index (Phi) is 4.67. The second-order valence-electron chi connectivity index (χ2n) is 6.44. The van der Waals surface area contributed by atoms with E-state index in [9.17, 15) is 16.8 Å². The molecule has 0 saturated heterocycles. The number of benzene rings is 3. The van der Waals surface area contributed by atoms with Gasteiger partial charge in [-0.1, -0.05) is 36.4 Å². The smallest absolute Gasteiger partial charge is 0.225 e. The van der Waals surface area contributed by atoms with Gasteiger partial charge >= 0.3 is 0 Å². The summed E-state index contributed by atoms with van der Waals surface area (Å²) in [5, 5.41) is -0.637. The van der Waals surface area contributed by atoms with E-state index in [1.807, 2.05) is 0 Å². The minimum Gasteiger partial charge on any atom is -0.397 e. The van der Waals surface area contributed by atoms with Gasteiger partial charge in [-0.3, -0.25) is 0 Å². The lowest BCUT2D eigenvalue weighted by Gasteiger charge is -2.26. The van der Waals surface area contributed by atoms with Crippen LogP contribution in [0.1, 0.15) is 5.56 Å². The third kappa shape index (κ3) is 3.06. The molecule has 3 aromatic carbocycles. The maximum atomic E-state index is 13.6. The molecule has 0 radical (unpaired) electrons. The van der Waals surface area contributed by atoms with Crippen LogP contribution in [0.5, 0.6) is 5.75 Å². The van der Waals surface area contributed by atoms with Gasteiger partial charge in [0.25, 0.3) is 0 Å². The van der Waals surface area contributed by atoms with E-state index in [4.69, 9.17) is 16.3 Å². The van der Waals surface area contributed by atoms with Gasteiger partial charge in [-0.15, -0.1) is 0 Å². The number of rotatable bonds is 4. The molecule has 0 unspecified atom stereocenters. The van der Waals surface area contributed by atoms with Gasteiger partial charge in [0.1, 0.15) is 4.91 Å². The van der Waals surface area contributed by atoms with Gasteiger partial charge in [0, 0.05) is 0 Å². The summed E-state index contributed by atoms with van der Waals surface area (Å²) < 4.78 is 53.9. The lowest BCUT2D eigenvalue weighted by Crippen LogP contribution is -2.32. The van der Waals surface area contributed by atoms with Gasteiger partial charge in [0.05, 0.1) is 26.7 Å². The zero-order valence-corrected chi connectivity index (χ0v) is 17.1. The molecule has 3 aromatic rings. The highest BCUT2D eigenvalue weighted by Crippen LogP contribution is 2.45. The molecule has 30 heavy (non-hydrogen) atoms. The van der Waals surface area contributed by atoms with E-state index in [1.54, 1.807) is 12.1 Å². The van der Waals surface area contributed by atoms with E-state index in [0.717, 1.165) is 0 Å². The molecule has 0 aromatic heterocycles. The average Bonchev–Trinajstić information content (AvgIpc) is 2.76. The SMILES string of the molecule is Nc1ccc2c(c1N)C(S(=O)(=O)c1ccccc1)=C(S(=O)(=O)c1ccccc1)NO2. The van der Waals surface area contributed by atoms with Crippen LogP contribution in [0.4, 0.5) is 11.4 Å². The summed E-state index contributed by atoms with van der Waals surface area (Å²) in [4.78, 5) is 4.62. The molecule has 8 nitrogen and oxygen atoms in total. The molecule has 1 aliphatic rings. The number of nitrogens with one attached hydrogen (secondary N) is 1. The summed E-state index contributed by atoms with van der Waals surface area (Å²) in [5.74, 6) is 0.0446.